The molecule has 0 amide bonds. The van der Waals surface area contributed by atoms with Crippen LogP contribution in [0, 0.1) is 0 Å². The highest BCUT2D eigenvalue weighted by atomic mass is 79.9. The molecule has 0 aliphatic heterocycles. The Labute approximate surface area is 69.5 Å². The van der Waals surface area contributed by atoms with E-state index >= 15 is 0 Å². The fraction of sp³-hybridized carbons (Fsp3) is 0.333. The maximum absolute atomic E-state index is 5.39. The molecule has 0 aromatic heterocycles. The molecule has 0 fully saturated rings. The second kappa shape index (κ2) is 4.35. The Balaban J connectivity index is 4.26. The minimum absolute atomic E-state index is 0.608. The van der Waals surface area contributed by atoms with Crippen molar-refractivity contribution in [2.45, 2.75) is 0 Å². The molecular formula is C6H13BrN3+. The van der Waals surface area contributed by atoms with Gasteiger partial charge in [-0.3, -0.25) is 0 Å². The van der Waals surface area contributed by atoms with E-state index in [1.165, 1.54) is 0 Å². The summed E-state index contributed by atoms with van der Waals surface area (Å²) in [6.07, 6.45) is 3.54. The fourth-order valence-corrected chi connectivity index (χ4v) is 0.746. The summed E-state index contributed by atoms with van der Waals surface area (Å²) in [5, 5.41) is 0. The molecule has 0 atom stereocenters. The molecule has 0 saturated carbocycles. The quantitative estimate of drug-likeness (QED) is 0.487. The van der Waals surface area contributed by atoms with Gasteiger partial charge in [-0.2, -0.15) is 0 Å². The van der Waals surface area contributed by atoms with E-state index in [2.05, 4.69) is 21.7 Å². The highest BCUT2D eigenvalue weighted by Gasteiger charge is 1.95. The average molecular weight is 207 g/mol. The number of rotatable bonds is 2. The predicted octanol–water partition coefficient (Wildman–Crippen LogP) is -0.174. The summed E-state index contributed by atoms with van der Waals surface area (Å²) < 4.78 is 0.608. The first-order valence-corrected chi connectivity index (χ1v) is 3.66. The Hall–Kier alpha value is -0.480. The molecule has 0 rings (SSSR count). The molecule has 0 aromatic carbocycles. The largest absolute Gasteiger partial charge is 0.393 e. The topological polar surface area (TPSA) is 56.9 Å². The molecule has 0 aliphatic rings. The standard InChI is InChI=1S/C6H12BrN3/c1-10(2)5(4-8)3-6(7)9/h3-4H,8-9H2,1-2H3/p+1. The van der Waals surface area contributed by atoms with Crippen LogP contribution in [0.4, 0.5) is 0 Å². The van der Waals surface area contributed by atoms with Gasteiger partial charge in [0.1, 0.15) is 6.20 Å². The highest BCUT2D eigenvalue weighted by Crippen LogP contribution is 2.03. The zero-order valence-electron chi connectivity index (χ0n) is 6.26. The normalized spacial score (nSPS) is 13.6. The van der Waals surface area contributed by atoms with Gasteiger partial charge in [-0.15, -0.1) is 0 Å². The van der Waals surface area contributed by atoms with Crippen LogP contribution in [0.2, 0.25) is 0 Å². The Kier molecular flexibility index (Phi) is 4.14. The van der Waals surface area contributed by atoms with Crippen molar-refractivity contribution in [1.82, 2.24) is 4.90 Å². The zero-order valence-corrected chi connectivity index (χ0v) is 7.85. The van der Waals surface area contributed by atoms with Crippen LogP contribution in [0.3, 0.4) is 0 Å². The van der Waals surface area contributed by atoms with Gasteiger partial charge in [-0.1, -0.05) is 0 Å². The van der Waals surface area contributed by atoms with E-state index in [0.717, 1.165) is 5.70 Å². The van der Waals surface area contributed by atoms with Gasteiger partial charge in [0.15, 0.2) is 0 Å². The minimum atomic E-state index is 0.608. The van der Waals surface area contributed by atoms with E-state index in [4.69, 9.17) is 5.73 Å². The Morgan fingerprint density at radius 1 is 1.60 bits per heavy atom. The van der Waals surface area contributed by atoms with Crippen molar-refractivity contribution in [1.29, 1.82) is 0 Å². The van der Waals surface area contributed by atoms with Gasteiger partial charge in [0.05, 0.1) is 10.3 Å². The molecule has 0 unspecified atom stereocenters. The third-order valence-corrected chi connectivity index (χ3v) is 1.24. The lowest BCUT2D eigenvalue weighted by molar-refractivity contribution is -0.277. The Morgan fingerprint density at radius 3 is 2.20 bits per heavy atom. The summed E-state index contributed by atoms with van der Waals surface area (Å²) in [5.74, 6) is 0. The van der Waals surface area contributed by atoms with E-state index in [1.807, 2.05) is 19.0 Å². The molecule has 0 bridgehead atoms. The first kappa shape index (κ1) is 9.52. The van der Waals surface area contributed by atoms with Crippen LogP contribution in [0.25, 0.3) is 0 Å². The summed E-state index contributed by atoms with van der Waals surface area (Å²) >= 11 is 3.13. The van der Waals surface area contributed by atoms with Gasteiger partial charge in [0, 0.05) is 14.1 Å². The van der Waals surface area contributed by atoms with Crippen LogP contribution in [0.1, 0.15) is 0 Å². The molecule has 58 valence electrons. The SMILES string of the molecule is CN(C)C(C=C(N)Br)=C[NH3+]. The van der Waals surface area contributed by atoms with Crippen molar-refractivity contribution in [3.8, 4) is 0 Å². The molecule has 10 heavy (non-hydrogen) atoms. The molecule has 0 aromatic rings. The molecule has 0 aliphatic carbocycles. The van der Waals surface area contributed by atoms with E-state index < -0.39 is 0 Å². The van der Waals surface area contributed by atoms with Crippen LogP contribution >= 0.6 is 15.9 Å². The van der Waals surface area contributed by atoms with Crippen molar-refractivity contribution in [3.05, 3.63) is 22.6 Å². The van der Waals surface area contributed by atoms with Gasteiger partial charge in [0.2, 0.25) is 0 Å². The van der Waals surface area contributed by atoms with Gasteiger partial charge in [-0.05, 0) is 22.0 Å². The summed E-state index contributed by atoms with van der Waals surface area (Å²) in [5.41, 5.74) is 10.0. The first-order chi connectivity index (χ1) is 4.57. The van der Waals surface area contributed by atoms with Crippen molar-refractivity contribution >= 4 is 15.9 Å². The number of likely N-dealkylation sites (N-methyl/N-ethyl adjacent to an activating group) is 1. The van der Waals surface area contributed by atoms with Gasteiger partial charge < -0.3 is 16.4 Å². The Morgan fingerprint density at radius 2 is 2.10 bits per heavy atom. The smallest absolute Gasteiger partial charge is 0.115 e. The summed E-state index contributed by atoms with van der Waals surface area (Å²) in [6.45, 7) is 0. The second-order valence-corrected chi connectivity index (χ2v) is 2.97. The van der Waals surface area contributed by atoms with Gasteiger partial charge in [0.25, 0.3) is 0 Å². The lowest BCUT2D eigenvalue weighted by Crippen LogP contribution is -2.41. The predicted molar refractivity (Wildman–Crippen MR) is 45.9 cm³/mol. The summed E-state index contributed by atoms with van der Waals surface area (Å²) in [7, 11) is 3.87. The lowest BCUT2D eigenvalue weighted by atomic mass is 10.4. The number of allylic oxidation sites excluding steroid dienone is 1. The molecule has 0 heterocycles. The molecular weight excluding hydrogens is 194 g/mol. The maximum atomic E-state index is 5.39. The van der Waals surface area contributed by atoms with Crippen LogP contribution in [0.5, 0.6) is 0 Å². The minimum Gasteiger partial charge on any atom is -0.393 e. The number of hydrogen-bond donors (Lipinski definition) is 2. The molecule has 5 N–H and O–H groups in total. The fourth-order valence-electron chi connectivity index (χ4n) is 0.512. The van der Waals surface area contributed by atoms with Crippen LogP contribution < -0.4 is 11.5 Å². The third kappa shape index (κ3) is 3.53. The monoisotopic (exact) mass is 206 g/mol. The molecule has 3 nitrogen and oxygen atoms in total. The van der Waals surface area contributed by atoms with E-state index in [9.17, 15) is 0 Å². The summed E-state index contributed by atoms with van der Waals surface area (Å²) in [4.78, 5) is 1.93. The Bertz CT molecular complexity index is 156. The molecule has 0 radical (unpaired) electrons. The van der Waals surface area contributed by atoms with Crippen molar-refractivity contribution in [3.63, 3.8) is 0 Å². The number of hydrogen-bond acceptors (Lipinski definition) is 2. The van der Waals surface area contributed by atoms with Crippen LogP contribution in [-0.4, -0.2) is 19.0 Å². The second-order valence-electron chi connectivity index (χ2n) is 2.05. The lowest BCUT2D eigenvalue weighted by Gasteiger charge is -2.10. The zero-order chi connectivity index (χ0) is 8.15. The first-order valence-electron chi connectivity index (χ1n) is 2.87. The molecule has 0 spiro atoms. The van der Waals surface area contributed by atoms with Crippen molar-refractivity contribution < 1.29 is 5.73 Å². The summed E-state index contributed by atoms with van der Waals surface area (Å²) in [6, 6.07) is 0. The van der Waals surface area contributed by atoms with Crippen LogP contribution in [-0.2, 0) is 0 Å². The highest BCUT2D eigenvalue weighted by molar-refractivity contribution is 9.11. The van der Waals surface area contributed by atoms with E-state index in [0.29, 0.717) is 4.61 Å². The maximum Gasteiger partial charge on any atom is 0.115 e. The molecule has 4 heteroatoms. The van der Waals surface area contributed by atoms with Crippen molar-refractivity contribution in [2.24, 2.45) is 5.73 Å². The van der Waals surface area contributed by atoms with Crippen molar-refractivity contribution in [2.75, 3.05) is 14.1 Å². The third-order valence-electron chi connectivity index (χ3n) is 1.01. The van der Waals surface area contributed by atoms with Gasteiger partial charge in [-0.25, -0.2) is 0 Å². The number of halogens is 1. The number of nitrogens with zero attached hydrogens (tertiary/aromatic N) is 1. The molecule has 0 saturated heterocycles. The average Bonchev–Trinajstić information content (AvgIpc) is 1.81. The van der Waals surface area contributed by atoms with Crippen LogP contribution in [0.15, 0.2) is 22.6 Å². The number of quaternary nitrogens is 1. The van der Waals surface area contributed by atoms with E-state index in [-0.39, 0.29) is 0 Å². The number of nitrogens with two attached hydrogens (primary N) is 1. The van der Waals surface area contributed by atoms with Gasteiger partial charge >= 0.3 is 0 Å². The van der Waals surface area contributed by atoms with E-state index in [1.54, 1.807) is 12.3 Å².